The molecule has 0 aliphatic carbocycles. The van der Waals surface area contributed by atoms with Crippen molar-refractivity contribution in [3.8, 4) is 0 Å². The van der Waals surface area contributed by atoms with Crippen LogP contribution in [0.15, 0.2) is 30.5 Å². The summed E-state index contributed by atoms with van der Waals surface area (Å²) in [6.07, 6.45) is 5.91. The molecular formula is C23H34N2. The number of aromatic nitrogens is 1. The largest absolute Gasteiger partial charge is 0.303 e. The van der Waals surface area contributed by atoms with Gasteiger partial charge in [-0.3, -0.25) is 4.98 Å². The number of nitrogens with zero attached hydrogens (tertiary/aromatic N) is 2. The molecule has 1 aromatic heterocycles. The predicted octanol–water partition coefficient (Wildman–Crippen LogP) is 5.66. The molecule has 0 bridgehead atoms. The van der Waals surface area contributed by atoms with Crippen LogP contribution in [0.1, 0.15) is 64.6 Å². The lowest BCUT2D eigenvalue weighted by molar-refractivity contribution is 0.113. The monoisotopic (exact) mass is 338 g/mol. The van der Waals surface area contributed by atoms with Crippen LogP contribution in [0, 0.1) is 11.3 Å². The first-order chi connectivity index (χ1) is 11.9. The molecule has 136 valence electrons. The molecule has 0 spiro atoms. The Hall–Kier alpha value is -1.41. The summed E-state index contributed by atoms with van der Waals surface area (Å²) in [5, 5.41) is 2.73. The van der Waals surface area contributed by atoms with Gasteiger partial charge in [-0.1, -0.05) is 58.9 Å². The normalized spacial score (nSPS) is 17.5. The molecule has 0 amide bonds. The van der Waals surface area contributed by atoms with Gasteiger partial charge < -0.3 is 4.90 Å². The highest BCUT2D eigenvalue weighted by molar-refractivity contribution is 5.87. The van der Waals surface area contributed by atoms with E-state index in [4.69, 9.17) is 4.98 Å². The van der Waals surface area contributed by atoms with Crippen molar-refractivity contribution in [2.45, 2.75) is 59.8 Å². The standard InChI is InChI=1S/C23H34N2/c1-17(2)22-21-9-7-6-8-20(21)18(16-24-22)10-13-25-14-11-19(12-15-25)23(3,4)5/h6-9,16-17,19H,10-15H2,1-5H3. The third-order valence-electron chi connectivity index (χ3n) is 5.97. The van der Waals surface area contributed by atoms with Gasteiger partial charge in [0.15, 0.2) is 0 Å². The van der Waals surface area contributed by atoms with Crippen molar-refractivity contribution in [2.75, 3.05) is 19.6 Å². The Kier molecular flexibility index (Phi) is 5.48. The lowest BCUT2D eigenvalue weighted by Crippen LogP contribution is -2.38. The minimum absolute atomic E-state index is 0.457. The average Bonchev–Trinajstić information content (AvgIpc) is 2.59. The van der Waals surface area contributed by atoms with E-state index in [9.17, 15) is 0 Å². The molecule has 1 fully saturated rings. The van der Waals surface area contributed by atoms with Crippen LogP contribution in [0.3, 0.4) is 0 Å². The molecule has 25 heavy (non-hydrogen) atoms. The van der Waals surface area contributed by atoms with Gasteiger partial charge in [0.2, 0.25) is 0 Å². The van der Waals surface area contributed by atoms with Crippen molar-refractivity contribution in [3.05, 3.63) is 41.7 Å². The first kappa shape index (κ1) is 18.4. The summed E-state index contributed by atoms with van der Waals surface area (Å²) < 4.78 is 0. The van der Waals surface area contributed by atoms with Crippen LogP contribution in [0.5, 0.6) is 0 Å². The summed E-state index contributed by atoms with van der Waals surface area (Å²) in [6.45, 7) is 15.3. The molecule has 1 saturated heterocycles. The van der Waals surface area contributed by atoms with E-state index in [1.54, 1.807) is 0 Å². The first-order valence-corrected chi connectivity index (χ1v) is 9.95. The fourth-order valence-corrected chi connectivity index (χ4v) is 4.23. The Morgan fingerprint density at radius 1 is 1.08 bits per heavy atom. The van der Waals surface area contributed by atoms with E-state index < -0.39 is 0 Å². The van der Waals surface area contributed by atoms with Gasteiger partial charge in [-0.15, -0.1) is 0 Å². The highest BCUT2D eigenvalue weighted by Gasteiger charge is 2.28. The summed E-state index contributed by atoms with van der Waals surface area (Å²) >= 11 is 0. The number of benzene rings is 1. The Bertz CT molecular complexity index is 704. The Labute approximate surface area is 153 Å². The van der Waals surface area contributed by atoms with Crippen molar-refractivity contribution in [1.29, 1.82) is 0 Å². The first-order valence-electron chi connectivity index (χ1n) is 9.95. The number of rotatable bonds is 4. The number of fused-ring (bicyclic) bond motifs is 1. The molecule has 0 radical (unpaired) electrons. The molecule has 3 rings (SSSR count). The Balaban J connectivity index is 1.68. The van der Waals surface area contributed by atoms with Crippen molar-refractivity contribution in [3.63, 3.8) is 0 Å². The quantitative estimate of drug-likeness (QED) is 0.715. The molecule has 2 nitrogen and oxygen atoms in total. The van der Waals surface area contributed by atoms with E-state index in [1.165, 1.54) is 48.0 Å². The maximum atomic E-state index is 4.80. The molecule has 2 aromatic rings. The van der Waals surface area contributed by atoms with Crippen LogP contribution in [-0.4, -0.2) is 29.5 Å². The molecule has 1 aromatic carbocycles. The third kappa shape index (κ3) is 4.23. The predicted molar refractivity (Wildman–Crippen MR) is 108 cm³/mol. The lowest BCUT2D eigenvalue weighted by atomic mass is 9.75. The van der Waals surface area contributed by atoms with Crippen molar-refractivity contribution in [1.82, 2.24) is 9.88 Å². The zero-order chi connectivity index (χ0) is 18.0. The third-order valence-corrected chi connectivity index (χ3v) is 5.97. The molecule has 1 aliphatic rings. The van der Waals surface area contributed by atoms with Gasteiger partial charge in [-0.2, -0.15) is 0 Å². The Morgan fingerprint density at radius 2 is 1.72 bits per heavy atom. The summed E-state index contributed by atoms with van der Waals surface area (Å²) in [5.74, 6) is 1.34. The van der Waals surface area contributed by atoms with Gasteiger partial charge in [0.25, 0.3) is 0 Å². The zero-order valence-electron chi connectivity index (χ0n) is 16.7. The highest BCUT2D eigenvalue weighted by atomic mass is 15.1. The molecule has 0 atom stereocenters. The van der Waals surface area contributed by atoms with Crippen LogP contribution in [0.2, 0.25) is 0 Å². The van der Waals surface area contributed by atoms with E-state index in [0.29, 0.717) is 11.3 Å². The summed E-state index contributed by atoms with van der Waals surface area (Å²) in [5.41, 5.74) is 3.09. The number of piperidine rings is 1. The molecule has 0 N–H and O–H groups in total. The molecule has 2 heterocycles. The van der Waals surface area contributed by atoms with Gasteiger partial charge in [0, 0.05) is 18.1 Å². The number of pyridine rings is 1. The van der Waals surface area contributed by atoms with Gasteiger partial charge in [-0.25, -0.2) is 0 Å². The van der Waals surface area contributed by atoms with Gasteiger partial charge in [-0.05, 0) is 60.6 Å². The number of hydrogen-bond donors (Lipinski definition) is 0. The van der Waals surface area contributed by atoms with E-state index in [1.807, 2.05) is 0 Å². The highest BCUT2D eigenvalue weighted by Crippen LogP contribution is 2.34. The van der Waals surface area contributed by atoms with Crippen LogP contribution >= 0.6 is 0 Å². The van der Waals surface area contributed by atoms with E-state index >= 15 is 0 Å². The van der Waals surface area contributed by atoms with Crippen LogP contribution < -0.4 is 0 Å². The fraction of sp³-hybridized carbons (Fsp3) is 0.609. The lowest BCUT2D eigenvalue weighted by Gasteiger charge is -2.38. The summed E-state index contributed by atoms with van der Waals surface area (Å²) in [4.78, 5) is 7.44. The maximum Gasteiger partial charge on any atom is 0.0507 e. The van der Waals surface area contributed by atoms with Crippen molar-refractivity contribution >= 4 is 10.8 Å². The van der Waals surface area contributed by atoms with Gasteiger partial charge >= 0.3 is 0 Å². The van der Waals surface area contributed by atoms with E-state index in [-0.39, 0.29) is 0 Å². The minimum Gasteiger partial charge on any atom is -0.303 e. The SMILES string of the molecule is CC(C)c1ncc(CCN2CCC(C(C)(C)C)CC2)c2ccccc12. The summed E-state index contributed by atoms with van der Waals surface area (Å²) in [6, 6.07) is 8.79. The average molecular weight is 339 g/mol. The smallest absolute Gasteiger partial charge is 0.0507 e. The second kappa shape index (κ2) is 7.45. The molecule has 0 saturated carbocycles. The van der Waals surface area contributed by atoms with Gasteiger partial charge in [0.05, 0.1) is 5.69 Å². The fourth-order valence-electron chi connectivity index (χ4n) is 4.23. The zero-order valence-corrected chi connectivity index (χ0v) is 16.7. The minimum atomic E-state index is 0.457. The molecular weight excluding hydrogens is 304 g/mol. The van der Waals surface area contributed by atoms with Crippen molar-refractivity contribution in [2.24, 2.45) is 11.3 Å². The maximum absolute atomic E-state index is 4.80. The van der Waals surface area contributed by atoms with Crippen LogP contribution in [0.4, 0.5) is 0 Å². The van der Waals surface area contributed by atoms with Crippen LogP contribution in [-0.2, 0) is 6.42 Å². The van der Waals surface area contributed by atoms with Crippen LogP contribution in [0.25, 0.3) is 10.8 Å². The second-order valence-electron chi connectivity index (χ2n) is 9.10. The second-order valence-corrected chi connectivity index (χ2v) is 9.10. The Morgan fingerprint density at radius 3 is 2.32 bits per heavy atom. The topological polar surface area (TPSA) is 16.1 Å². The molecule has 2 heteroatoms. The molecule has 0 unspecified atom stereocenters. The van der Waals surface area contributed by atoms with E-state index in [2.05, 4.69) is 70.0 Å². The summed E-state index contributed by atoms with van der Waals surface area (Å²) in [7, 11) is 0. The molecule has 1 aliphatic heterocycles. The number of hydrogen-bond acceptors (Lipinski definition) is 2. The van der Waals surface area contributed by atoms with E-state index in [0.717, 1.165) is 18.9 Å². The number of likely N-dealkylation sites (tertiary alicyclic amines) is 1. The van der Waals surface area contributed by atoms with Gasteiger partial charge in [0.1, 0.15) is 0 Å². The van der Waals surface area contributed by atoms with Crippen molar-refractivity contribution < 1.29 is 0 Å².